The minimum absolute atomic E-state index is 0.200. The molecule has 0 saturated carbocycles. The number of rotatable bonds is 4. The molecule has 1 unspecified atom stereocenters. The van der Waals surface area contributed by atoms with Gasteiger partial charge >= 0.3 is 0 Å². The molecule has 0 bridgehead atoms. The Morgan fingerprint density at radius 2 is 1.95 bits per heavy atom. The van der Waals surface area contributed by atoms with Gasteiger partial charge in [-0.2, -0.15) is 0 Å². The molecule has 0 aliphatic heterocycles. The predicted molar refractivity (Wildman–Crippen MR) is 92.3 cm³/mol. The highest BCUT2D eigenvalue weighted by Crippen LogP contribution is 2.18. The highest BCUT2D eigenvalue weighted by Gasteiger charge is 2.15. The van der Waals surface area contributed by atoms with Gasteiger partial charge in [0.1, 0.15) is 5.75 Å². The van der Waals surface area contributed by atoms with E-state index in [-0.39, 0.29) is 11.7 Å². The van der Waals surface area contributed by atoms with Gasteiger partial charge in [-0.1, -0.05) is 12.1 Å². The number of nitrogens with two attached hydrogens (primary N) is 1. The number of hydrogen-bond acceptors (Lipinski definition) is 3. The van der Waals surface area contributed by atoms with Crippen LogP contribution in [-0.2, 0) is 11.2 Å². The Morgan fingerprint density at radius 3 is 2.57 bits per heavy atom. The van der Waals surface area contributed by atoms with Crippen LogP contribution in [0.5, 0.6) is 5.75 Å². The number of carbonyl (C=O) groups is 1. The average molecular weight is 396 g/mol. The third-order valence-corrected chi connectivity index (χ3v) is 3.85. The fourth-order valence-corrected chi connectivity index (χ4v) is 2.62. The summed E-state index contributed by atoms with van der Waals surface area (Å²) in [6.07, 6.45) is 0.426. The second kappa shape index (κ2) is 6.91. The first-order chi connectivity index (χ1) is 9.95. The van der Waals surface area contributed by atoms with E-state index in [2.05, 4.69) is 27.9 Å². The molecule has 4 N–H and O–H groups in total. The van der Waals surface area contributed by atoms with Crippen molar-refractivity contribution in [3.63, 3.8) is 0 Å². The first-order valence-electron chi connectivity index (χ1n) is 6.56. The number of halogens is 1. The van der Waals surface area contributed by atoms with Crippen molar-refractivity contribution >= 4 is 34.2 Å². The van der Waals surface area contributed by atoms with Crippen molar-refractivity contribution < 1.29 is 9.90 Å². The molecular formula is C16H17IN2O2. The number of phenolic OH excluding ortho intramolecular Hbond substituents is 1. The predicted octanol–water partition coefficient (Wildman–Crippen LogP) is 2.81. The highest BCUT2D eigenvalue weighted by molar-refractivity contribution is 14.1. The Kier molecular flexibility index (Phi) is 5.19. The van der Waals surface area contributed by atoms with E-state index in [0.29, 0.717) is 6.42 Å². The first-order valence-corrected chi connectivity index (χ1v) is 7.64. The van der Waals surface area contributed by atoms with Gasteiger partial charge in [0, 0.05) is 9.26 Å². The van der Waals surface area contributed by atoms with Crippen LogP contribution in [0.2, 0.25) is 0 Å². The summed E-state index contributed by atoms with van der Waals surface area (Å²) in [6.45, 7) is 1.95. The minimum atomic E-state index is -0.631. The number of anilines is 1. The number of carbonyl (C=O) groups excluding carboxylic acids is 1. The van der Waals surface area contributed by atoms with Gasteiger partial charge in [0.15, 0.2) is 0 Å². The number of amides is 1. The molecule has 1 atom stereocenters. The molecule has 2 aromatic rings. The summed E-state index contributed by atoms with van der Waals surface area (Å²) in [5.74, 6) is -0.0151. The zero-order valence-electron chi connectivity index (χ0n) is 11.6. The van der Waals surface area contributed by atoms with Crippen molar-refractivity contribution in [2.24, 2.45) is 5.73 Å². The normalized spacial score (nSPS) is 12.0. The van der Waals surface area contributed by atoms with E-state index in [9.17, 15) is 9.90 Å². The number of benzene rings is 2. The SMILES string of the molecule is Cc1cc(I)ccc1NC(=O)C(N)Cc1ccc(O)cc1. The molecule has 1 amide bonds. The van der Waals surface area contributed by atoms with Crippen molar-refractivity contribution in [3.8, 4) is 5.75 Å². The molecule has 0 aliphatic carbocycles. The monoisotopic (exact) mass is 396 g/mol. The van der Waals surface area contributed by atoms with Crippen molar-refractivity contribution in [1.82, 2.24) is 0 Å². The van der Waals surface area contributed by atoms with Gasteiger partial charge in [-0.3, -0.25) is 4.79 Å². The molecule has 21 heavy (non-hydrogen) atoms. The van der Waals surface area contributed by atoms with Crippen LogP contribution < -0.4 is 11.1 Å². The van der Waals surface area contributed by atoms with Crippen LogP contribution in [0.3, 0.4) is 0 Å². The number of aromatic hydroxyl groups is 1. The first kappa shape index (κ1) is 15.8. The molecule has 2 rings (SSSR count). The fourth-order valence-electron chi connectivity index (χ4n) is 1.97. The fraction of sp³-hybridized carbons (Fsp3) is 0.188. The third kappa shape index (κ3) is 4.44. The molecule has 5 heteroatoms. The topological polar surface area (TPSA) is 75.4 Å². The summed E-state index contributed by atoms with van der Waals surface area (Å²) in [7, 11) is 0. The van der Waals surface area contributed by atoms with Crippen molar-refractivity contribution in [3.05, 3.63) is 57.2 Å². The van der Waals surface area contributed by atoms with Crippen LogP contribution in [0.25, 0.3) is 0 Å². The lowest BCUT2D eigenvalue weighted by Crippen LogP contribution is -2.37. The molecule has 0 saturated heterocycles. The van der Waals surface area contributed by atoms with E-state index in [1.54, 1.807) is 24.3 Å². The number of nitrogens with one attached hydrogen (secondary N) is 1. The highest BCUT2D eigenvalue weighted by atomic mass is 127. The molecule has 110 valence electrons. The van der Waals surface area contributed by atoms with E-state index in [1.807, 2.05) is 25.1 Å². The molecular weight excluding hydrogens is 379 g/mol. The van der Waals surface area contributed by atoms with Gasteiger partial charge in [-0.15, -0.1) is 0 Å². The zero-order chi connectivity index (χ0) is 15.4. The molecule has 0 aliphatic rings. The van der Waals surface area contributed by atoms with Gasteiger partial charge in [0.2, 0.25) is 5.91 Å². The summed E-state index contributed by atoms with van der Waals surface area (Å²) in [5.41, 5.74) is 8.64. The van der Waals surface area contributed by atoms with E-state index in [0.717, 1.165) is 20.4 Å². The summed E-state index contributed by atoms with van der Waals surface area (Å²) in [6, 6.07) is 11.9. The molecule has 0 spiro atoms. The molecule has 0 aromatic heterocycles. The maximum atomic E-state index is 12.1. The van der Waals surface area contributed by atoms with Crippen LogP contribution in [0, 0.1) is 10.5 Å². The number of aryl methyl sites for hydroxylation is 1. The Bertz CT molecular complexity index is 641. The quantitative estimate of drug-likeness (QED) is 0.696. The van der Waals surface area contributed by atoms with E-state index < -0.39 is 6.04 Å². The van der Waals surface area contributed by atoms with Crippen molar-refractivity contribution in [1.29, 1.82) is 0 Å². The summed E-state index contributed by atoms with van der Waals surface area (Å²) >= 11 is 2.23. The van der Waals surface area contributed by atoms with Crippen LogP contribution in [-0.4, -0.2) is 17.1 Å². The van der Waals surface area contributed by atoms with E-state index in [4.69, 9.17) is 5.73 Å². The van der Waals surface area contributed by atoms with Gasteiger partial charge in [0.05, 0.1) is 6.04 Å². The lowest BCUT2D eigenvalue weighted by atomic mass is 10.1. The molecule has 0 radical (unpaired) electrons. The lowest BCUT2D eigenvalue weighted by Gasteiger charge is -2.14. The number of hydrogen-bond donors (Lipinski definition) is 3. The van der Waals surface area contributed by atoms with Gasteiger partial charge in [0.25, 0.3) is 0 Å². The Morgan fingerprint density at radius 1 is 1.29 bits per heavy atom. The van der Waals surface area contributed by atoms with Crippen LogP contribution in [0.4, 0.5) is 5.69 Å². The van der Waals surface area contributed by atoms with E-state index >= 15 is 0 Å². The summed E-state index contributed by atoms with van der Waals surface area (Å²) in [5, 5.41) is 12.1. The minimum Gasteiger partial charge on any atom is -0.508 e. The maximum absolute atomic E-state index is 12.1. The van der Waals surface area contributed by atoms with E-state index in [1.165, 1.54) is 0 Å². The molecule has 0 heterocycles. The standard InChI is InChI=1S/C16H17IN2O2/c1-10-8-12(17)4-7-15(10)19-16(21)14(18)9-11-2-5-13(20)6-3-11/h2-8,14,20H,9,18H2,1H3,(H,19,21). The molecule has 0 fully saturated rings. The zero-order valence-corrected chi connectivity index (χ0v) is 13.8. The lowest BCUT2D eigenvalue weighted by molar-refractivity contribution is -0.117. The molecule has 2 aromatic carbocycles. The smallest absolute Gasteiger partial charge is 0.241 e. The Hall–Kier alpha value is -1.60. The Labute approximate surface area is 137 Å². The van der Waals surface area contributed by atoms with Crippen molar-refractivity contribution in [2.45, 2.75) is 19.4 Å². The largest absolute Gasteiger partial charge is 0.508 e. The summed E-state index contributed by atoms with van der Waals surface area (Å²) < 4.78 is 1.12. The Balaban J connectivity index is 2.00. The maximum Gasteiger partial charge on any atom is 0.241 e. The average Bonchev–Trinajstić information content (AvgIpc) is 2.44. The van der Waals surface area contributed by atoms with Gasteiger partial charge in [-0.05, 0) is 77.4 Å². The molecule has 4 nitrogen and oxygen atoms in total. The van der Waals surface area contributed by atoms with Crippen LogP contribution >= 0.6 is 22.6 Å². The van der Waals surface area contributed by atoms with Gasteiger partial charge < -0.3 is 16.2 Å². The van der Waals surface area contributed by atoms with Crippen LogP contribution in [0.15, 0.2) is 42.5 Å². The number of phenols is 1. The second-order valence-corrected chi connectivity index (χ2v) is 6.17. The second-order valence-electron chi connectivity index (χ2n) is 4.93. The third-order valence-electron chi connectivity index (χ3n) is 3.18. The van der Waals surface area contributed by atoms with Crippen LogP contribution in [0.1, 0.15) is 11.1 Å². The summed E-state index contributed by atoms with van der Waals surface area (Å²) in [4.78, 5) is 12.1. The van der Waals surface area contributed by atoms with Gasteiger partial charge in [-0.25, -0.2) is 0 Å². The van der Waals surface area contributed by atoms with Crippen molar-refractivity contribution in [2.75, 3.05) is 5.32 Å².